The van der Waals surface area contributed by atoms with Crippen molar-refractivity contribution in [1.82, 2.24) is 20.4 Å². The Hall–Kier alpha value is -4.01. The third-order valence-electron chi connectivity index (χ3n) is 5.82. The Bertz CT molecular complexity index is 1150. The van der Waals surface area contributed by atoms with Gasteiger partial charge in [0.1, 0.15) is 6.04 Å². The highest BCUT2D eigenvalue weighted by atomic mass is 16.5. The summed E-state index contributed by atoms with van der Waals surface area (Å²) in [5.74, 6) is 0.609. The molecule has 3 aromatic rings. The molecular weight excluding hydrogens is 434 g/mol. The quantitative estimate of drug-likeness (QED) is 0.582. The highest BCUT2D eigenvalue weighted by Crippen LogP contribution is 2.29. The Labute approximate surface area is 197 Å². The fourth-order valence-electron chi connectivity index (χ4n) is 3.98. The number of carbonyl (C=O) groups excluding carboxylic acids is 3. The predicted molar refractivity (Wildman–Crippen MR) is 126 cm³/mol. The van der Waals surface area contributed by atoms with Crippen molar-refractivity contribution in [3.8, 4) is 11.4 Å². The number of nitrogens with zero attached hydrogens (tertiary/aromatic N) is 3. The van der Waals surface area contributed by atoms with Crippen LogP contribution in [0, 0.1) is 0 Å². The molecule has 0 aliphatic carbocycles. The lowest BCUT2D eigenvalue weighted by Gasteiger charge is -2.32. The monoisotopic (exact) mass is 461 g/mol. The standard InChI is InChI=1S/C25H27N5O4/c1-16(26-23(32)19-6-4-3-5-7-19)25(33)30-14-12-20(13-15-30)24-28-22(29-34-24)18-8-10-21(11-9-18)27-17(2)31/h3-11,16,20H,12-15H2,1-2H3,(H,26,32)(H,27,31)/t16-/m0/s1. The lowest BCUT2D eigenvalue weighted by atomic mass is 9.96. The minimum absolute atomic E-state index is 0.0677. The van der Waals surface area contributed by atoms with Gasteiger partial charge < -0.3 is 20.1 Å². The fourth-order valence-corrected chi connectivity index (χ4v) is 3.98. The number of hydrogen-bond donors (Lipinski definition) is 2. The van der Waals surface area contributed by atoms with Gasteiger partial charge in [-0.25, -0.2) is 0 Å². The topological polar surface area (TPSA) is 117 Å². The average Bonchev–Trinajstić information content (AvgIpc) is 3.34. The van der Waals surface area contributed by atoms with Crippen LogP contribution in [0.25, 0.3) is 11.4 Å². The zero-order chi connectivity index (χ0) is 24.1. The van der Waals surface area contributed by atoms with Gasteiger partial charge in [-0.15, -0.1) is 0 Å². The number of carbonyl (C=O) groups is 3. The third-order valence-corrected chi connectivity index (χ3v) is 5.82. The molecule has 4 rings (SSSR count). The maximum atomic E-state index is 12.8. The number of aromatic nitrogens is 2. The summed E-state index contributed by atoms with van der Waals surface area (Å²) in [5.41, 5.74) is 2.02. The zero-order valence-corrected chi connectivity index (χ0v) is 19.2. The number of anilines is 1. The van der Waals surface area contributed by atoms with Crippen LogP contribution in [-0.2, 0) is 9.59 Å². The van der Waals surface area contributed by atoms with E-state index in [1.54, 1.807) is 48.2 Å². The normalized spacial score (nSPS) is 14.9. The SMILES string of the molecule is CC(=O)Nc1ccc(-c2noc(C3CCN(C(=O)[C@H](C)NC(=O)c4ccccc4)CC3)n2)cc1. The number of rotatable bonds is 6. The van der Waals surface area contributed by atoms with Gasteiger partial charge >= 0.3 is 0 Å². The molecule has 0 bridgehead atoms. The van der Waals surface area contributed by atoms with Crippen LogP contribution in [0.15, 0.2) is 59.1 Å². The molecule has 9 nitrogen and oxygen atoms in total. The van der Waals surface area contributed by atoms with Crippen LogP contribution in [0.3, 0.4) is 0 Å². The first-order valence-electron chi connectivity index (χ1n) is 11.3. The largest absolute Gasteiger partial charge is 0.341 e. The van der Waals surface area contributed by atoms with Crippen LogP contribution in [0.2, 0.25) is 0 Å². The number of likely N-dealkylation sites (tertiary alicyclic amines) is 1. The molecule has 1 atom stereocenters. The van der Waals surface area contributed by atoms with Gasteiger partial charge in [-0.2, -0.15) is 4.98 Å². The average molecular weight is 462 g/mol. The first kappa shape index (κ1) is 23.2. The molecule has 34 heavy (non-hydrogen) atoms. The maximum absolute atomic E-state index is 12.8. The number of hydrogen-bond acceptors (Lipinski definition) is 6. The molecular formula is C25H27N5O4. The molecule has 9 heteroatoms. The number of benzene rings is 2. The van der Waals surface area contributed by atoms with Gasteiger partial charge in [0.2, 0.25) is 23.5 Å². The van der Waals surface area contributed by atoms with E-state index in [0.717, 1.165) is 5.56 Å². The van der Waals surface area contributed by atoms with Crippen molar-refractivity contribution in [1.29, 1.82) is 0 Å². The Morgan fingerprint density at radius 2 is 1.71 bits per heavy atom. The summed E-state index contributed by atoms with van der Waals surface area (Å²) in [4.78, 5) is 42.6. The van der Waals surface area contributed by atoms with Gasteiger partial charge in [0.25, 0.3) is 5.91 Å². The molecule has 0 radical (unpaired) electrons. The van der Waals surface area contributed by atoms with Gasteiger partial charge in [-0.3, -0.25) is 14.4 Å². The molecule has 0 saturated carbocycles. The Morgan fingerprint density at radius 3 is 2.35 bits per heavy atom. The summed E-state index contributed by atoms with van der Waals surface area (Å²) < 4.78 is 5.51. The Kier molecular flexibility index (Phi) is 7.01. The van der Waals surface area contributed by atoms with E-state index in [1.807, 2.05) is 18.2 Å². The third kappa shape index (κ3) is 5.48. The van der Waals surface area contributed by atoms with E-state index >= 15 is 0 Å². The summed E-state index contributed by atoms with van der Waals surface area (Å²) in [6.45, 7) is 4.27. The van der Waals surface area contributed by atoms with E-state index in [1.165, 1.54) is 6.92 Å². The fraction of sp³-hybridized carbons (Fsp3) is 0.320. The van der Waals surface area contributed by atoms with E-state index in [2.05, 4.69) is 20.8 Å². The molecule has 1 fully saturated rings. The zero-order valence-electron chi connectivity index (χ0n) is 19.2. The van der Waals surface area contributed by atoms with Crippen molar-refractivity contribution in [2.24, 2.45) is 0 Å². The first-order chi connectivity index (χ1) is 16.4. The first-order valence-corrected chi connectivity index (χ1v) is 11.3. The van der Waals surface area contributed by atoms with Crippen LogP contribution in [0.1, 0.15) is 48.9 Å². The predicted octanol–water partition coefficient (Wildman–Crippen LogP) is 3.22. The smallest absolute Gasteiger partial charge is 0.251 e. The molecule has 2 heterocycles. The van der Waals surface area contributed by atoms with Crippen molar-refractivity contribution >= 4 is 23.4 Å². The van der Waals surface area contributed by atoms with E-state index in [4.69, 9.17) is 4.52 Å². The van der Waals surface area contributed by atoms with E-state index in [0.29, 0.717) is 48.9 Å². The molecule has 1 aliphatic heterocycles. The van der Waals surface area contributed by atoms with Crippen molar-refractivity contribution < 1.29 is 18.9 Å². The molecule has 0 spiro atoms. The van der Waals surface area contributed by atoms with Crippen molar-refractivity contribution in [2.75, 3.05) is 18.4 Å². The van der Waals surface area contributed by atoms with Gasteiger partial charge in [-0.05, 0) is 56.2 Å². The Balaban J connectivity index is 1.30. The number of amides is 3. The van der Waals surface area contributed by atoms with Crippen LogP contribution < -0.4 is 10.6 Å². The number of piperidine rings is 1. The van der Waals surface area contributed by atoms with Gasteiger partial charge in [0.05, 0.1) is 0 Å². The second-order valence-corrected chi connectivity index (χ2v) is 8.38. The molecule has 0 unspecified atom stereocenters. The summed E-state index contributed by atoms with van der Waals surface area (Å²) in [5, 5.41) is 9.59. The second-order valence-electron chi connectivity index (χ2n) is 8.38. The van der Waals surface area contributed by atoms with Gasteiger partial charge in [0.15, 0.2) is 0 Å². The molecule has 1 saturated heterocycles. The molecule has 2 N–H and O–H groups in total. The summed E-state index contributed by atoms with van der Waals surface area (Å²) in [7, 11) is 0. The van der Waals surface area contributed by atoms with Crippen LogP contribution >= 0.6 is 0 Å². The summed E-state index contributed by atoms with van der Waals surface area (Å²) in [6.07, 6.45) is 1.41. The number of nitrogens with one attached hydrogen (secondary N) is 2. The van der Waals surface area contributed by atoms with Crippen molar-refractivity contribution in [3.05, 3.63) is 66.1 Å². The summed E-state index contributed by atoms with van der Waals surface area (Å²) in [6, 6.07) is 15.5. The van der Waals surface area contributed by atoms with E-state index < -0.39 is 6.04 Å². The maximum Gasteiger partial charge on any atom is 0.251 e. The van der Waals surface area contributed by atoms with Crippen LogP contribution in [0.4, 0.5) is 5.69 Å². The highest BCUT2D eigenvalue weighted by molar-refractivity contribution is 5.97. The minimum Gasteiger partial charge on any atom is -0.341 e. The second kappa shape index (κ2) is 10.3. The molecule has 2 aromatic carbocycles. The lowest BCUT2D eigenvalue weighted by Crippen LogP contribution is -2.49. The lowest BCUT2D eigenvalue weighted by molar-refractivity contribution is -0.134. The molecule has 176 valence electrons. The van der Waals surface area contributed by atoms with Gasteiger partial charge in [0, 0.05) is 42.7 Å². The van der Waals surface area contributed by atoms with Crippen molar-refractivity contribution in [3.63, 3.8) is 0 Å². The summed E-state index contributed by atoms with van der Waals surface area (Å²) >= 11 is 0. The minimum atomic E-state index is -0.611. The van der Waals surface area contributed by atoms with E-state index in [-0.39, 0.29) is 23.6 Å². The molecule has 3 amide bonds. The van der Waals surface area contributed by atoms with Crippen LogP contribution in [0.5, 0.6) is 0 Å². The molecule has 1 aliphatic rings. The molecule has 1 aromatic heterocycles. The van der Waals surface area contributed by atoms with Gasteiger partial charge in [-0.1, -0.05) is 23.4 Å². The Morgan fingerprint density at radius 1 is 1.03 bits per heavy atom. The van der Waals surface area contributed by atoms with E-state index in [9.17, 15) is 14.4 Å². The van der Waals surface area contributed by atoms with Crippen LogP contribution in [-0.4, -0.2) is 51.9 Å². The van der Waals surface area contributed by atoms with Crippen molar-refractivity contribution in [2.45, 2.75) is 38.6 Å². The highest BCUT2D eigenvalue weighted by Gasteiger charge is 2.30.